The highest BCUT2D eigenvalue weighted by Crippen LogP contribution is 2.08. The molecular weight excluding hydrogens is 248 g/mol. The van der Waals surface area contributed by atoms with Crippen molar-refractivity contribution in [3.8, 4) is 0 Å². The van der Waals surface area contributed by atoms with Gasteiger partial charge in [-0.15, -0.1) is 0 Å². The van der Waals surface area contributed by atoms with E-state index in [2.05, 4.69) is 64.3 Å². The number of benzene rings is 1. The van der Waals surface area contributed by atoms with Crippen LogP contribution in [0.2, 0.25) is 0 Å². The summed E-state index contributed by atoms with van der Waals surface area (Å²) < 4.78 is 0. The fraction of sp³-hybridized carbons (Fsp3) is 0.562. The van der Waals surface area contributed by atoms with Crippen molar-refractivity contribution in [3.05, 3.63) is 35.9 Å². The van der Waals surface area contributed by atoms with Gasteiger partial charge >= 0.3 is 0 Å². The van der Waals surface area contributed by atoms with Gasteiger partial charge in [0.25, 0.3) is 0 Å². The first-order valence-corrected chi connectivity index (χ1v) is 7.63. The van der Waals surface area contributed by atoms with Gasteiger partial charge in [0.1, 0.15) is 0 Å². The number of nitrogens with one attached hydrogen (secondary N) is 1. The summed E-state index contributed by atoms with van der Waals surface area (Å²) in [7, 11) is 0. The molecule has 4 nitrogen and oxygen atoms in total. The van der Waals surface area contributed by atoms with E-state index in [1.165, 1.54) is 5.56 Å². The maximum absolute atomic E-state index is 4.56. The van der Waals surface area contributed by atoms with Crippen LogP contribution in [0.25, 0.3) is 0 Å². The summed E-state index contributed by atoms with van der Waals surface area (Å²) in [5.74, 6) is 1.06. The zero-order valence-corrected chi connectivity index (χ0v) is 12.7. The third-order valence-corrected chi connectivity index (χ3v) is 3.56. The minimum atomic E-state index is 0.840. The van der Waals surface area contributed by atoms with Crippen LogP contribution in [0.4, 0.5) is 0 Å². The van der Waals surface area contributed by atoms with Crippen LogP contribution < -0.4 is 5.32 Å². The number of guanidine groups is 1. The second-order valence-electron chi connectivity index (χ2n) is 5.08. The van der Waals surface area contributed by atoms with E-state index in [1.807, 2.05) is 0 Å². The van der Waals surface area contributed by atoms with Crippen molar-refractivity contribution in [1.29, 1.82) is 0 Å². The quantitative estimate of drug-likeness (QED) is 0.671. The molecule has 0 saturated carbocycles. The first kappa shape index (κ1) is 14.9. The van der Waals surface area contributed by atoms with Crippen LogP contribution >= 0.6 is 0 Å². The summed E-state index contributed by atoms with van der Waals surface area (Å²) in [5.41, 5.74) is 1.40. The highest BCUT2D eigenvalue weighted by atomic mass is 15.3. The smallest absolute Gasteiger partial charge is 0.193 e. The summed E-state index contributed by atoms with van der Waals surface area (Å²) in [6.45, 7) is 11.3. The van der Waals surface area contributed by atoms with E-state index in [9.17, 15) is 0 Å². The second kappa shape index (κ2) is 7.90. The van der Waals surface area contributed by atoms with Gasteiger partial charge in [0.2, 0.25) is 0 Å². The molecule has 1 aliphatic rings. The molecule has 0 radical (unpaired) electrons. The molecule has 1 aromatic rings. The first-order chi connectivity index (χ1) is 9.83. The van der Waals surface area contributed by atoms with Crippen molar-refractivity contribution in [2.24, 2.45) is 4.99 Å². The molecule has 0 aromatic heterocycles. The highest BCUT2D eigenvalue weighted by Gasteiger charge is 2.19. The molecule has 20 heavy (non-hydrogen) atoms. The van der Waals surface area contributed by atoms with E-state index in [-0.39, 0.29) is 0 Å². The van der Waals surface area contributed by atoms with Gasteiger partial charge in [-0.2, -0.15) is 0 Å². The molecule has 110 valence electrons. The van der Waals surface area contributed by atoms with E-state index in [0.717, 1.165) is 51.8 Å². The molecule has 0 spiro atoms. The Morgan fingerprint density at radius 2 is 1.80 bits per heavy atom. The molecule has 0 aliphatic carbocycles. The van der Waals surface area contributed by atoms with Crippen LogP contribution in [0.1, 0.15) is 19.4 Å². The summed E-state index contributed by atoms with van der Waals surface area (Å²) in [6, 6.07) is 10.7. The standard InChI is InChI=1S/C16H26N4/c1-3-17-16(18-4-2)20-12-10-19(11-13-20)14-15-8-6-5-7-9-15/h5-9H,3-4,10-14H2,1-2H3,(H,17,18). The van der Waals surface area contributed by atoms with Crippen LogP contribution in [0.15, 0.2) is 35.3 Å². The fourth-order valence-corrected chi connectivity index (χ4v) is 2.53. The lowest BCUT2D eigenvalue weighted by Gasteiger charge is -2.36. The summed E-state index contributed by atoms with van der Waals surface area (Å²) in [6.07, 6.45) is 0. The number of hydrogen-bond acceptors (Lipinski definition) is 2. The van der Waals surface area contributed by atoms with Gasteiger partial charge in [0.05, 0.1) is 0 Å². The number of hydrogen-bond donors (Lipinski definition) is 1. The lowest BCUT2D eigenvalue weighted by Crippen LogP contribution is -2.52. The Morgan fingerprint density at radius 3 is 2.40 bits per heavy atom. The molecule has 1 aliphatic heterocycles. The van der Waals surface area contributed by atoms with E-state index in [0.29, 0.717) is 0 Å². The largest absolute Gasteiger partial charge is 0.357 e. The van der Waals surface area contributed by atoms with Gasteiger partial charge < -0.3 is 10.2 Å². The number of piperazine rings is 1. The maximum atomic E-state index is 4.56. The third-order valence-electron chi connectivity index (χ3n) is 3.56. The van der Waals surface area contributed by atoms with Gasteiger partial charge in [-0.3, -0.25) is 9.89 Å². The van der Waals surface area contributed by atoms with Crippen LogP contribution in [0.5, 0.6) is 0 Å². The monoisotopic (exact) mass is 274 g/mol. The molecule has 1 heterocycles. The van der Waals surface area contributed by atoms with Crippen molar-refractivity contribution in [2.45, 2.75) is 20.4 Å². The van der Waals surface area contributed by atoms with Gasteiger partial charge in [-0.25, -0.2) is 0 Å². The summed E-state index contributed by atoms with van der Waals surface area (Å²) in [4.78, 5) is 9.44. The average Bonchev–Trinajstić information content (AvgIpc) is 2.49. The minimum absolute atomic E-state index is 0.840. The molecule has 1 saturated heterocycles. The van der Waals surface area contributed by atoms with Crippen LogP contribution in [0.3, 0.4) is 0 Å². The highest BCUT2D eigenvalue weighted by molar-refractivity contribution is 5.80. The van der Waals surface area contributed by atoms with E-state index in [1.54, 1.807) is 0 Å². The Morgan fingerprint density at radius 1 is 1.10 bits per heavy atom. The number of rotatable bonds is 4. The van der Waals surface area contributed by atoms with Gasteiger partial charge in [0, 0.05) is 45.8 Å². The molecule has 0 atom stereocenters. The Balaban J connectivity index is 1.84. The van der Waals surface area contributed by atoms with Crippen molar-refractivity contribution >= 4 is 5.96 Å². The van der Waals surface area contributed by atoms with Gasteiger partial charge in [-0.05, 0) is 19.4 Å². The number of nitrogens with zero attached hydrogens (tertiary/aromatic N) is 3. The van der Waals surface area contributed by atoms with E-state index >= 15 is 0 Å². The predicted octanol–water partition coefficient (Wildman–Crippen LogP) is 1.79. The van der Waals surface area contributed by atoms with Crippen LogP contribution in [0, 0.1) is 0 Å². The lowest BCUT2D eigenvalue weighted by molar-refractivity contribution is 0.172. The van der Waals surface area contributed by atoms with Crippen molar-refractivity contribution in [1.82, 2.24) is 15.1 Å². The molecule has 0 bridgehead atoms. The zero-order chi connectivity index (χ0) is 14.2. The second-order valence-corrected chi connectivity index (χ2v) is 5.08. The molecule has 4 heteroatoms. The van der Waals surface area contributed by atoms with Crippen molar-refractivity contribution < 1.29 is 0 Å². The Hall–Kier alpha value is -1.55. The third kappa shape index (κ3) is 4.23. The molecule has 2 rings (SSSR count). The van der Waals surface area contributed by atoms with Gasteiger partial charge in [-0.1, -0.05) is 30.3 Å². The van der Waals surface area contributed by atoms with E-state index in [4.69, 9.17) is 0 Å². The summed E-state index contributed by atoms with van der Waals surface area (Å²) >= 11 is 0. The van der Waals surface area contributed by atoms with Gasteiger partial charge in [0.15, 0.2) is 5.96 Å². The predicted molar refractivity (Wildman–Crippen MR) is 84.9 cm³/mol. The minimum Gasteiger partial charge on any atom is -0.357 e. The molecule has 1 fully saturated rings. The molecule has 1 N–H and O–H groups in total. The van der Waals surface area contributed by atoms with Crippen LogP contribution in [-0.4, -0.2) is 55.0 Å². The number of aliphatic imine (C=N–C) groups is 1. The molecule has 0 amide bonds. The first-order valence-electron chi connectivity index (χ1n) is 7.63. The average molecular weight is 274 g/mol. The van der Waals surface area contributed by atoms with Crippen molar-refractivity contribution in [2.75, 3.05) is 39.3 Å². The summed E-state index contributed by atoms with van der Waals surface area (Å²) in [5, 5.41) is 3.38. The zero-order valence-electron chi connectivity index (χ0n) is 12.7. The Kier molecular flexibility index (Phi) is 5.87. The maximum Gasteiger partial charge on any atom is 0.193 e. The lowest BCUT2D eigenvalue weighted by atomic mass is 10.2. The van der Waals surface area contributed by atoms with Crippen molar-refractivity contribution in [3.63, 3.8) is 0 Å². The molecular formula is C16H26N4. The Labute approximate surface area is 122 Å². The Bertz CT molecular complexity index is 408. The fourth-order valence-electron chi connectivity index (χ4n) is 2.53. The molecule has 1 aromatic carbocycles. The normalized spacial score (nSPS) is 17.3. The molecule has 0 unspecified atom stereocenters. The SMILES string of the molecule is CCN=C(NCC)N1CCN(Cc2ccccc2)CC1. The van der Waals surface area contributed by atoms with E-state index < -0.39 is 0 Å². The topological polar surface area (TPSA) is 30.9 Å². The van der Waals surface area contributed by atoms with Crippen LogP contribution in [-0.2, 0) is 6.54 Å².